The van der Waals surface area contributed by atoms with E-state index in [0.29, 0.717) is 6.61 Å². The van der Waals surface area contributed by atoms with Crippen LogP contribution in [0.5, 0.6) is 0 Å². The van der Waals surface area contributed by atoms with E-state index in [-0.39, 0.29) is 11.6 Å². The number of aliphatic hydroxyl groups is 1. The number of hydrogen-bond donors (Lipinski definition) is 1. The molecule has 2 aromatic carbocycles. The predicted molar refractivity (Wildman–Crippen MR) is 110 cm³/mol. The maximum absolute atomic E-state index is 10.3. The Morgan fingerprint density at radius 2 is 1.46 bits per heavy atom. The van der Waals surface area contributed by atoms with Crippen LogP contribution in [-0.4, -0.2) is 32.7 Å². The molecule has 3 nitrogen and oxygen atoms in total. The van der Waals surface area contributed by atoms with Crippen LogP contribution in [0, 0.1) is 0 Å². The summed E-state index contributed by atoms with van der Waals surface area (Å²) in [5.74, 6) is 0. The first-order valence-corrected chi connectivity index (χ1v) is 11.0. The molecule has 1 atom stereocenters. The lowest BCUT2D eigenvalue weighted by atomic mass is 10.2. The molecule has 0 spiro atoms. The standard InChI is InChI=1S/C22H30O3Si/c1-5-24-17-16-19(23)18-25-26(22(2,3)4,20-12-8-6-9-13-20)21-14-10-7-11-15-21/h6-17,19,23H,5,18H2,1-4H3/b17-16+/t19-/m0/s1. The van der Waals surface area contributed by atoms with E-state index in [1.54, 1.807) is 12.3 Å². The van der Waals surface area contributed by atoms with Gasteiger partial charge in [-0.2, -0.15) is 0 Å². The lowest BCUT2D eigenvalue weighted by molar-refractivity contribution is 0.134. The molecular formula is C22H30O3Si. The highest BCUT2D eigenvalue weighted by Crippen LogP contribution is 2.36. The Morgan fingerprint density at radius 3 is 1.88 bits per heavy atom. The van der Waals surface area contributed by atoms with Crippen LogP contribution >= 0.6 is 0 Å². The fraction of sp³-hybridized carbons (Fsp3) is 0.364. The highest BCUT2D eigenvalue weighted by atomic mass is 28.4. The van der Waals surface area contributed by atoms with Gasteiger partial charge in [-0.25, -0.2) is 0 Å². The highest BCUT2D eigenvalue weighted by Gasteiger charge is 2.50. The van der Waals surface area contributed by atoms with Crippen LogP contribution in [0.25, 0.3) is 0 Å². The summed E-state index contributed by atoms with van der Waals surface area (Å²) in [6, 6.07) is 20.9. The van der Waals surface area contributed by atoms with E-state index >= 15 is 0 Å². The topological polar surface area (TPSA) is 38.7 Å². The van der Waals surface area contributed by atoms with Crippen molar-refractivity contribution in [3.63, 3.8) is 0 Å². The van der Waals surface area contributed by atoms with Gasteiger partial charge in [-0.15, -0.1) is 0 Å². The smallest absolute Gasteiger partial charge is 0.261 e. The van der Waals surface area contributed by atoms with Crippen molar-refractivity contribution in [2.24, 2.45) is 0 Å². The first-order valence-electron chi connectivity index (χ1n) is 9.13. The molecule has 2 aromatic rings. The molecule has 0 heterocycles. The molecule has 0 aromatic heterocycles. The van der Waals surface area contributed by atoms with Gasteiger partial charge in [-0.1, -0.05) is 81.4 Å². The third-order valence-electron chi connectivity index (χ3n) is 4.45. The molecule has 0 aliphatic rings. The molecule has 0 saturated heterocycles. The Bertz CT molecular complexity index is 638. The molecule has 140 valence electrons. The second kappa shape index (κ2) is 9.17. The monoisotopic (exact) mass is 370 g/mol. The molecule has 0 fully saturated rings. The number of ether oxygens (including phenoxy) is 1. The van der Waals surface area contributed by atoms with Crippen molar-refractivity contribution in [3.8, 4) is 0 Å². The van der Waals surface area contributed by atoms with Crippen molar-refractivity contribution < 1.29 is 14.3 Å². The van der Waals surface area contributed by atoms with Gasteiger partial charge in [0.25, 0.3) is 8.32 Å². The third kappa shape index (κ3) is 4.64. The molecule has 0 bridgehead atoms. The van der Waals surface area contributed by atoms with Crippen molar-refractivity contribution in [2.75, 3.05) is 13.2 Å². The Hall–Kier alpha value is -1.88. The number of rotatable bonds is 8. The number of hydrogen-bond acceptors (Lipinski definition) is 3. The molecule has 0 unspecified atom stereocenters. The Labute approximate surface area is 158 Å². The minimum absolute atomic E-state index is 0.0982. The average Bonchev–Trinajstić information content (AvgIpc) is 2.63. The van der Waals surface area contributed by atoms with Gasteiger partial charge in [0.05, 0.1) is 25.6 Å². The van der Waals surface area contributed by atoms with E-state index in [0.717, 1.165) is 0 Å². The van der Waals surface area contributed by atoms with Crippen molar-refractivity contribution >= 4 is 18.7 Å². The average molecular weight is 371 g/mol. The van der Waals surface area contributed by atoms with E-state index in [9.17, 15) is 5.11 Å². The summed E-state index contributed by atoms with van der Waals surface area (Å²) in [5, 5.41) is 12.6. The maximum atomic E-state index is 10.3. The minimum atomic E-state index is -2.59. The predicted octanol–water partition coefficient (Wildman–Crippen LogP) is 3.47. The highest BCUT2D eigenvalue weighted by molar-refractivity contribution is 6.99. The lowest BCUT2D eigenvalue weighted by Gasteiger charge is -2.43. The van der Waals surface area contributed by atoms with Gasteiger partial charge in [0.2, 0.25) is 0 Å². The van der Waals surface area contributed by atoms with Gasteiger partial charge in [0.15, 0.2) is 0 Å². The van der Waals surface area contributed by atoms with Crippen LogP contribution in [-0.2, 0) is 9.16 Å². The molecule has 1 N–H and O–H groups in total. The SMILES string of the molecule is CCO/C=C/[C@H](O)CO[Si](c1ccccc1)(c1ccccc1)C(C)(C)C. The van der Waals surface area contributed by atoms with Crippen molar-refractivity contribution in [2.45, 2.75) is 38.8 Å². The zero-order valence-electron chi connectivity index (χ0n) is 16.2. The summed E-state index contributed by atoms with van der Waals surface area (Å²) in [4.78, 5) is 0. The van der Waals surface area contributed by atoms with E-state index in [4.69, 9.17) is 9.16 Å². The molecule has 0 amide bonds. The largest absolute Gasteiger partial charge is 0.502 e. The molecule has 0 aliphatic heterocycles. The second-order valence-corrected chi connectivity index (χ2v) is 11.6. The van der Waals surface area contributed by atoms with Crippen LogP contribution in [0.4, 0.5) is 0 Å². The zero-order valence-corrected chi connectivity index (χ0v) is 17.2. The Kier molecular flexibility index (Phi) is 7.20. The fourth-order valence-corrected chi connectivity index (χ4v) is 7.85. The molecule has 0 radical (unpaired) electrons. The summed E-state index contributed by atoms with van der Waals surface area (Å²) in [7, 11) is -2.59. The Morgan fingerprint density at radius 1 is 0.962 bits per heavy atom. The van der Waals surface area contributed by atoms with Gasteiger partial charge in [-0.05, 0) is 28.4 Å². The fourth-order valence-electron chi connectivity index (χ4n) is 3.27. The van der Waals surface area contributed by atoms with Crippen LogP contribution in [0.3, 0.4) is 0 Å². The first-order chi connectivity index (χ1) is 12.4. The summed E-state index contributed by atoms with van der Waals surface area (Å²) >= 11 is 0. The molecule has 4 heteroatoms. The van der Waals surface area contributed by atoms with Crippen molar-refractivity contribution in [1.29, 1.82) is 0 Å². The van der Waals surface area contributed by atoms with E-state index in [1.807, 2.05) is 19.1 Å². The molecule has 2 rings (SSSR count). The van der Waals surface area contributed by atoms with Crippen molar-refractivity contribution in [1.82, 2.24) is 0 Å². The van der Waals surface area contributed by atoms with Gasteiger partial charge in [-0.3, -0.25) is 0 Å². The second-order valence-electron chi connectivity index (χ2n) is 7.33. The van der Waals surface area contributed by atoms with Crippen LogP contribution in [0.1, 0.15) is 27.7 Å². The summed E-state index contributed by atoms with van der Waals surface area (Å²) in [5.41, 5.74) is 0. The van der Waals surface area contributed by atoms with Gasteiger partial charge in [0, 0.05) is 0 Å². The summed E-state index contributed by atoms with van der Waals surface area (Å²) < 4.78 is 11.8. The van der Waals surface area contributed by atoms with Gasteiger partial charge >= 0.3 is 0 Å². The normalized spacial score (nSPS) is 13.7. The maximum Gasteiger partial charge on any atom is 0.261 e. The van der Waals surface area contributed by atoms with Crippen LogP contribution < -0.4 is 10.4 Å². The van der Waals surface area contributed by atoms with E-state index < -0.39 is 14.4 Å². The number of aliphatic hydroxyl groups excluding tert-OH is 1. The first kappa shape index (κ1) is 20.4. The molecule has 0 aliphatic carbocycles. The summed E-state index contributed by atoms with van der Waals surface area (Å²) in [6.07, 6.45) is 2.48. The number of benzene rings is 2. The van der Waals surface area contributed by atoms with Crippen LogP contribution in [0.15, 0.2) is 73.0 Å². The van der Waals surface area contributed by atoms with Gasteiger partial charge < -0.3 is 14.3 Å². The summed E-state index contributed by atoms with van der Waals surface area (Å²) in [6.45, 7) is 9.40. The van der Waals surface area contributed by atoms with Gasteiger partial charge in [0.1, 0.15) is 0 Å². The van der Waals surface area contributed by atoms with E-state index in [2.05, 4.69) is 69.3 Å². The van der Waals surface area contributed by atoms with Crippen LogP contribution in [0.2, 0.25) is 5.04 Å². The zero-order chi connectivity index (χ0) is 19.0. The Balaban J connectivity index is 2.44. The lowest BCUT2D eigenvalue weighted by Crippen LogP contribution is -2.67. The third-order valence-corrected chi connectivity index (χ3v) is 9.46. The van der Waals surface area contributed by atoms with Crippen molar-refractivity contribution in [3.05, 3.63) is 73.0 Å². The quantitative estimate of drug-likeness (QED) is 0.571. The molecule has 0 saturated carbocycles. The van der Waals surface area contributed by atoms with E-state index in [1.165, 1.54) is 10.4 Å². The molecule has 26 heavy (non-hydrogen) atoms. The molecular weight excluding hydrogens is 340 g/mol. The minimum Gasteiger partial charge on any atom is -0.502 e.